The fourth-order valence-corrected chi connectivity index (χ4v) is 3.51. The Morgan fingerprint density at radius 1 is 1.12 bits per heavy atom. The van der Waals surface area contributed by atoms with E-state index in [1.165, 1.54) is 4.90 Å². The van der Waals surface area contributed by atoms with E-state index in [9.17, 15) is 19.2 Å². The van der Waals surface area contributed by atoms with Crippen LogP contribution in [0, 0.1) is 6.92 Å². The van der Waals surface area contributed by atoms with Gasteiger partial charge >= 0.3 is 12.1 Å². The van der Waals surface area contributed by atoms with Crippen molar-refractivity contribution >= 4 is 36.5 Å². The summed E-state index contributed by atoms with van der Waals surface area (Å²) in [6.45, 7) is 11.0. The molecule has 0 heterocycles. The zero-order valence-electron chi connectivity index (χ0n) is 20.8. The second-order valence-electron chi connectivity index (χ2n) is 8.61. The highest BCUT2D eigenvalue weighted by atomic mass is 32.1. The first-order chi connectivity index (χ1) is 15.9. The fourth-order valence-electron chi connectivity index (χ4n) is 3.26. The SMILES string of the molecule is CCOC(=O)CCNC(=O)C(c1ccccc1C)N(CC)C(=O)C(CS)NC(=O)OC(C)(C)C. The number of amides is 3. The first-order valence-corrected chi connectivity index (χ1v) is 12.0. The first kappa shape index (κ1) is 29.3. The van der Waals surface area contributed by atoms with Crippen molar-refractivity contribution in [2.24, 2.45) is 0 Å². The minimum absolute atomic E-state index is 0.0134. The number of hydrogen-bond donors (Lipinski definition) is 3. The molecule has 9 nitrogen and oxygen atoms in total. The van der Waals surface area contributed by atoms with Gasteiger partial charge in [0.05, 0.1) is 13.0 Å². The molecule has 1 rings (SSSR count). The van der Waals surface area contributed by atoms with E-state index >= 15 is 0 Å². The number of carbonyl (C=O) groups is 4. The maximum Gasteiger partial charge on any atom is 0.408 e. The van der Waals surface area contributed by atoms with Crippen LogP contribution < -0.4 is 10.6 Å². The molecule has 0 saturated carbocycles. The summed E-state index contributed by atoms with van der Waals surface area (Å²) in [6, 6.07) is 5.28. The van der Waals surface area contributed by atoms with Gasteiger partial charge in [-0.1, -0.05) is 24.3 Å². The third-order valence-electron chi connectivity index (χ3n) is 4.77. The Hall–Kier alpha value is -2.75. The molecular weight excluding hydrogens is 458 g/mol. The molecule has 0 bridgehead atoms. The number of nitrogens with zero attached hydrogens (tertiary/aromatic N) is 1. The van der Waals surface area contributed by atoms with Crippen LogP contribution in [0.2, 0.25) is 0 Å². The quantitative estimate of drug-likeness (QED) is 0.321. The largest absolute Gasteiger partial charge is 0.466 e. The van der Waals surface area contributed by atoms with Gasteiger partial charge in [0.2, 0.25) is 11.8 Å². The molecule has 34 heavy (non-hydrogen) atoms. The Balaban J connectivity index is 3.17. The molecule has 190 valence electrons. The van der Waals surface area contributed by atoms with Gasteiger partial charge < -0.3 is 25.0 Å². The second-order valence-corrected chi connectivity index (χ2v) is 8.98. The maximum absolute atomic E-state index is 13.5. The lowest BCUT2D eigenvalue weighted by Gasteiger charge is -2.34. The average molecular weight is 496 g/mol. The van der Waals surface area contributed by atoms with Crippen LogP contribution in [0.4, 0.5) is 4.79 Å². The number of aryl methyl sites for hydroxylation is 1. The van der Waals surface area contributed by atoms with Crippen molar-refractivity contribution in [1.29, 1.82) is 0 Å². The molecule has 0 aliphatic heterocycles. The standard InChI is InChI=1S/C24H37N3O6S/c1-7-27(22(30)18(15-34)26-23(31)33-24(4,5)6)20(17-12-10-9-11-16(17)3)21(29)25-14-13-19(28)32-8-2/h9-12,18,20,34H,7-8,13-15H2,1-6H3,(H,25,29)(H,26,31). The number of rotatable bonds is 11. The molecule has 2 unspecified atom stereocenters. The molecule has 0 spiro atoms. The Bertz CT molecular complexity index is 855. The minimum atomic E-state index is -1.00. The van der Waals surface area contributed by atoms with Crippen LogP contribution in [0.25, 0.3) is 0 Å². The highest BCUT2D eigenvalue weighted by Crippen LogP contribution is 2.25. The fraction of sp³-hybridized carbons (Fsp3) is 0.583. The topological polar surface area (TPSA) is 114 Å². The summed E-state index contributed by atoms with van der Waals surface area (Å²) in [6.07, 6.45) is -0.734. The van der Waals surface area contributed by atoms with Crippen LogP contribution in [-0.2, 0) is 23.9 Å². The number of ether oxygens (including phenoxy) is 2. The minimum Gasteiger partial charge on any atom is -0.466 e. The number of esters is 1. The third kappa shape index (κ3) is 9.24. The van der Waals surface area contributed by atoms with Crippen molar-refractivity contribution in [3.63, 3.8) is 0 Å². The number of nitrogens with one attached hydrogen (secondary N) is 2. The molecule has 1 aromatic rings. The summed E-state index contributed by atoms with van der Waals surface area (Å²) < 4.78 is 10.2. The van der Waals surface area contributed by atoms with Crippen LogP contribution in [0.5, 0.6) is 0 Å². The van der Waals surface area contributed by atoms with Crippen molar-refractivity contribution in [2.45, 2.75) is 65.6 Å². The van der Waals surface area contributed by atoms with E-state index in [0.717, 1.165) is 5.56 Å². The molecule has 1 aromatic carbocycles. The zero-order chi connectivity index (χ0) is 25.9. The number of hydrogen-bond acceptors (Lipinski definition) is 7. The Morgan fingerprint density at radius 3 is 2.29 bits per heavy atom. The second kappa shape index (κ2) is 13.8. The molecule has 0 aliphatic carbocycles. The van der Waals surface area contributed by atoms with E-state index in [4.69, 9.17) is 9.47 Å². The van der Waals surface area contributed by atoms with E-state index in [1.54, 1.807) is 46.8 Å². The van der Waals surface area contributed by atoms with E-state index in [-0.39, 0.29) is 31.9 Å². The van der Waals surface area contributed by atoms with Gasteiger partial charge in [-0.2, -0.15) is 12.6 Å². The summed E-state index contributed by atoms with van der Waals surface area (Å²) in [5.41, 5.74) is 0.727. The van der Waals surface area contributed by atoms with Gasteiger partial charge in [-0.3, -0.25) is 14.4 Å². The highest BCUT2D eigenvalue weighted by Gasteiger charge is 2.35. The molecule has 2 N–H and O–H groups in total. The molecule has 0 fully saturated rings. The summed E-state index contributed by atoms with van der Waals surface area (Å²) in [5.74, 6) is -1.32. The van der Waals surface area contributed by atoms with Crippen LogP contribution in [0.3, 0.4) is 0 Å². The smallest absolute Gasteiger partial charge is 0.408 e. The zero-order valence-corrected chi connectivity index (χ0v) is 21.7. The van der Waals surface area contributed by atoms with Gasteiger partial charge in [0, 0.05) is 18.8 Å². The Labute approximate surface area is 207 Å². The van der Waals surface area contributed by atoms with Gasteiger partial charge in [-0.25, -0.2) is 4.79 Å². The van der Waals surface area contributed by atoms with Gasteiger partial charge in [-0.15, -0.1) is 0 Å². The lowest BCUT2D eigenvalue weighted by molar-refractivity contribution is -0.144. The van der Waals surface area contributed by atoms with Crippen LogP contribution >= 0.6 is 12.6 Å². The highest BCUT2D eigenvalue weighted by molar-refractivity contribution is 7.80. The first-order valence-electron chi connectivity index (χ1n) is 11.3. The predicted molar refractivity (Wildman–Crippen MR) is 133 cm³/mol. The number of carbonyl (C=O) groups excluding carboxylic acids is 4. The van der Waals surface area contributed by atoms with Crippen LogP contribution in [0.1, 0.15) is 58.2 Å². The van der Waals surface area contributed by atoms with E-state index in [0.29, 0.717) is 5.56 Å². The molecule has 0 saturated heterocycles. The van der Waals surface area contributed by atoms with E-state index in [1.807, 2.05) is 19.1 Å². The number of thiol groups is 1. The molecule has 10 heteroatoms. The van der Waals surface area contributed by atoms with Crippen molar-refractivity contribution in [3.8, 4) is 0 Å². The molecule has 0 aromatic heterocycles. The molecule has 0 radical (unpaired) electrons. The molecule has 3 amide bonds. The summed E-state index contributed by atoms with van der Waals surface area (Å²) in [7, 11) is 0. The Morgan fingerprint density at radius 2 is 1.76 bits per heavy atom. The number of likely N-dealkylation sites (N-methyl/N-ethyl adjacent to an activating group) is 1. The van der Waals surface area contributed by atoms with E-state index in [2.05, 4.69) is 23.3 Å². The predicted octanol–water partition coefficient (Wildman–Crippen LogP) is 2.78. The lowest BCUT2D eigenvalue weighted by atomic mass is 9.98. The number of alkyl carbamates (subject to hydrolysis) is 1. The monoisotopic (exact) mass is 495 g/mol. The molecule has 0 aliphatic rings. The lowest BCUT2D eigenvalue weighted by Crippen LogP contribution is -2.54. The number of benzene rings is 1. The van der Waals surface area contributed by atoms with Crippen molar-refractivity contribution < 1.29 is 28.7 Å². The summed E-state index contributed by atoms with van der Waals surface area (Å²) >= 11 is 4.23. The van der Waals surface area contributed by atoms with Crippen molar-refractivity contribution in [2.75, 3.05) is 25.4 Å². The maximum atomic E-state index is 13.5. The van der Waals surface area contributed by atoms with Gasteiger partial charge in [-0.05, 0) is 52.7 Å². The van der Waals surface area contributed by atoms with Crippen molar-refractivity contribution in [3.05, 3.63) is 35.4 Å². The van der Waals surface area contributed by atoms with E-state index < -0.39 is 41.6 Å². The summed E-state index contributed by atoms with van der Waals surface area (Å²) in [4.78, 5) is 52.0. The van der Waals surface area contributed by atoms with Crippen molar-refractivity contribution in [1.82, 2.24) is 15.5 Å². The van der Waals surface area contributed by atoms with Crippen LogP contribution in [-0.4, -0.2) is 65.9 Å². The van der Waals surface area contributed by atoms with Crippen LogP contribution in [0.15, 0.2) is 24.3 Å². The van der Waals surface area contributed by atoms with Gasteiger partial charge in [0.15, 0.2) is 0 Å². The average Bonchev–Trinajstić information content (AvgIpc) is 2.75. The Kier molecular flexibility index (Phi) is 11.9. The normalized spacial score (nSPS) is 12.8. The molecule has 2 atom stereocenters. The third-order valence-corrected chi connectivity index (χ3v) is 5.14. The summed E-state index contributed by atoms with van der Waals surface area (Å²) in [5, 5.41) is 5.28. The van der Waals surface area contributed by atoms with Gasteiger partial charge in [0.25, 0.3) is 0 Å². The van der Waals surface area contributed by atoms with Gasteiger partial charge in [0.1, 0.15) is 17.7 Å². The molecular formula is C24H37N3O6S.